The Labute approximate surface area is 95.4 Å². The van der Waals surface area contributed by atoms with E-state index < -0.39 is 29.2 Å². The quantitative estimate of drug-likeness (QED) is 0.421. The van der Waals surface area contributed by atoms with Crippen LogP contribution in [-0.2, 0) is 4.79 Å². The standard InChI is InChI=1S/C12H10F4O/c13-8-5-7(10(14)12(16)11(8)15)6-3-1-2-4-9(6)17/h5-6H,1-4H2/t6-/m0/s1. The van der Waals surface area contributed by atoms with Crippen molar-refractivity contribution in [2.45, 2.75) is 31.6 Å². The summed E-state index contributed by atoms with van der Waals surface area (Å²) in [5.41, 5.74) is -0.369. The molecule has 0 radical (unpaired) electrons. The second-order valence-electron chi connectivity index (χ2n) is 4.15. The van der Waals surface area contributed by atoms with Crippen LogP contribution < -0.4 is 0 Å². The highest BCUT2D eigenvalue weighted by Crippen LogP contribution is 2.33. The minimum absolute atomic E-state index is 0.249. The molecule has 92 valence electrons. The minimum Gasteiger partial charge on any atom is -0.299 e. The van der Waals surface area contributed by atoms with Crippen molar-refractivity contribution >= 4 is 5.78 Å². The largest absolute Gasteiger partial charge is 0.299 e. The van der Waals surface area contributed by atoms with Gasteiger partial charge >= 0.3 is 0 Å². The summed E-state index contributed by atoms with van der Waals surface area (Å²) < 4.78 is 52.3. The van der Waals surface area contributed by atoms with Crippen molar-refractivity contribution in [2.24, 2.45) is 0 Å². The van der Waals surface area contributed by atoms with E-state index in [1.807, 2.05) is 0 Å². The smallest absolute Gasteiger partial charge is 0.197 e. The van der Waals surface area contributed by atoms with E-state index in [-0.39, 0.29) is 17.8 Å². The molecule has 1 aromatic rings. The van der Waals surface area contributed by atoms with Crippen LogP contribution >= 0.6 is 0 Å². The van der Waals surface area contributed by atoms with Gasteiger partial charge in [0.05, 0.1) is 0 Å². The fourth-order valence-electron chi connectivity index (χ4n) is 2.16. The van der Waals surface area contributed by atoms with Crippen LogP contribution in [-0.4, -0.2) is 5.78 Å². The Bertz CT molecular complexity index is 470. The first-order chi connectivity index (χ1) is 8.02. The molecule has 17 heavy (non-hydrogen) atoms. The molecule has 1 nitrogen and oxygen atoms in total. The fraction of sp³-hybridized carbons (Fsp3) is 0.417. The third kappa shape index (κ3) is 2.06. The van der Waals surface area contributed by atoms with E-state index in [1.165, 1.54) is 0 Å². The maximum absolute atomic E-state index is 13.5. The molecule has 0 aromatic heterocycles. The predicted molar refractivity (Wildman–Crippen MR) is 52.5 cm³/mol. The number of carbonyl (C=O) groups is 1. The highest BCUT2D eigenvalue weighted by atomic mass is 19.2. The Balaban J connectivity index is 2.48. The molecule has 2 rings (SSSR count). The number of hydrogen-bond donors (Lipinski definition) is 0. The molecular weight excluding hydrogens is 236 g/mol. The summed E-state index contributed by atoms with van der Waals surface area (Å²) in [6.07, 6.45) is 2.00. The summed E-state index contributed by atoms with van der Waals surface area (Å²) in [5, 5.41) is 0. The lowest BCUT2D eigenvalue weighted by Crippen LogP contribution is -2.19. The molecular formula is C12H10F4O. The number of hydrogen-bond acceptors (Lipinski definition) is 1. The SMILES string of the molecule is O=C1CCCC[C@H]1c1cc(F)c(F)c(F)c1F. The summed E-state index contributed by atoms with van der Waals surface area (Å²) in [6, 6.07) is 0.585. The van der Waals surface area contributed by atoms with Crippen molar-refractivity contribution in [2.75, 3.05) is 0 Å². The van der Waals surface area contributed by atoms with Crippen LogP contribution in [0.1, 0.15) is 37.2 Å². The molecule has 5 heteroatoms. The molecule has 1 aliphatic rings. The lowest BCUT2D eigenvalue weighted by molar-refractivity contribution is -0.121. The van der Waals surface area contributed by atoms with Crippen LogP contribution in [0.2, 0.25) is 0 Å². The van der Waals surface area contributed by atoms with Crippen molar-refractivity contribution < 1.29 is 22.4 Å². The first-order valence-electron chi connectivity index (χ1n) is 5.38. The molecule has 0 saturated heterocycles. The van der Waals surface area contributed by atoms with E-state index >= 15 is 0 Å². The van der Waals surface area contributed by atoms with Crippen LogP contribution in [0.3, 0.4) is 0 Å². The summed E-state index contributed by atoms with van der Waals surface area (Å²) in [7, 11) is 0. The molecule has 1 saturated carbocycles. The van der Waals surface area contributed by atoms with Gasteiger partial charge in [-0.2, -0.15) is 0 Å². The Kier molecular flexibility index (Phi) is 3.17. The lowest BCUT2D eigenvalue weighted by Gasteiger charge is -2.21. The Morgan fingerprint density at radius 2 is 1.71 bits per heavy atom. The van der Waals surface area contributed by atoms with Gasteiger partial charge < -0.3 is 0 Å². The molecule has 0 heterocycles. The molecule has 0 bridgehead atoms. The number of halogens is 4. The Morgan fingerprint density at radius 1 is 1.00 bits per heavy atom. The minimum atomic E-state index is -1.85. The van der Waals surface area contributed by atoms with E-state index in [0.29, 0.717) is 25.3 Å². The average molecular weight is 246 g/mol. The predicted octanol–water partition coefficient (Wildman–Crippen LogP) is 3.47. The highest BCUT2D eigenvalue weighted by Gasteiger charge is 2.30. The third-order valence-corrected chi connectivity index (χ3v) is 3.06. The van der Waals surface area contributed by atoms with Crippen LogP contribution in [0, 0.1) is 23.3 Å². The molecule has 1 fully saturated rings. The van der Waals surface area contributed by atoms with Gasteiger partial charge in [-0.3, -0.25) is 4.79 Å². The van der Waals surface area contributed by atoms with Gasteiger partial charge in [-0.1, -0.05) is 6.42 Å². The van der Waals surface area contributed by atoms with E-state index in [9.17, 15) is 22.4 Å². The maximum Gasteiger partial charge on any atom is 0.197 e. The van der Waals surface area contributed by atoms with Crippen LogP contribution in [0.5, 0.6) is 0 Å². The van der Waals surface area contributed by atoms with Gasteiger partial charge in [0.1, 0.15) is 5.78 Å². The molecule has 0 aliphatic heterocycles. The number of Topliss-reactive ketones (excluding diaryl/α,β-unsaturated/α-hetero) is 1. The maximum atomic E-state index is 13.5. The summed E-state index contributed by atoms with van der Waals surface area (Å²) in [5.74, 6) is -7.71. The summed E-state index contributed by atoms with van der Waals surface area (Å²) >= 11 is 0. The van der Waals surface area contributed by atoms with E-state index in [0.717, 1.165) is 0 Å². The van der Waals surface area contributed by atoms with E-state index in [4.69, 9.17) is 0 Å². The normalized spacial score (nSPS) is 20.7. The van der Waals surface area contributed by atoms with E-state index in [2.05, 4.69) is 0 Å². The third-order valence-electron chi connectivity index (χ3n) is 3.06. The van der Waals surface area contributed by atoms with Crippen molar-refractivity contribution in [3.05, 3.63) is 34.9 Å². The average Bonchev–Trinajstić information content (AvgIpc) is 2.32. The first-order valence-corrected chi connectivity index (χ1v) is 5.38. The van der Waals surface area contributed by atoms with Gasteiger partial charge in [0, 0.05) is 17.9 Å². The fourth-order valence-corrected chi connectivity index (χ4v) is 2.16. The zero-order chi connectivity index (χ0) is 12.6. The molecule has 1 aromatic carbocycles. The number of ketones is 1. The van der Waals surface area contributed by atoms with Crippen molar-refractivity contribution in [3.63, 3.8) is 0 Å². The molecule has 0 unspecified atom stereocenters. The van der Waals surface area contributed by atoms with Gasteiger partial charge in [0.2, 0.25) is 0 Å². The van der Waals surface area contributed by atoms with Crippen molar-refractivity contribution in [3.8, 4) is 0 Å². The van der Waals surface area contributed by atoms with Crippen LogP contribution in [0.15, 0.2) is 6.07 Å². The Morgan fingerprint density at radius 3 is 2.35 bits per heavy atom. The second-order valence-corrected chi connectivity index (χ2v) is 4.15. The molecule has 0 spiro atoms. The topological polar surface area (TPSA) is 17.1 Å². The zero-order valence-electron chi connectivity index (χ0n) is 8.90. The monoisotopic (exact) mass is 246 g/mol. The first kappa shape index (κ1) is 12.1. The number of carbonyl (C=O) groups excluding carboxylic acids is 1. The Hall–Kier alpha value is -1.39. The zero-order valence-corrected chi connectivity index (χ0v) is 8.90. The lowest BCUT2D eigenvalue weighted by atomic mass is 9.82. The molecule has 0 amide bonds. The van der Waals surface area contributed by atoms with Gasteiger partial charge in [0.15, 0.2) is 23.3 Å². The number of benzene rings is 1. The van der Waals surface area contributed by atoms with Crippen LogP contribution in [0.4, 0.5) is 17.6 Å². The van der Waals surface area contributed by atoms with Gasteiger partial charge in [-0.25, -0.2) is 17.6 Å². The van der Waals surface area contributed by atoms with E-state index in [1.54, 1.807) is 0 Å². The summed E-state index contributed by atoms with van der Waals surface area (Å²) in [4.78, 5) is 11.5. The summed E-state index contributed by atoms with van der Waals surface area (Å²) in [6.45, 7) is 0. The second kappa shape index (κ2) is 4.47. The molecule has 0 N–H and O–H groups in total. The number of rotatable bonds is 1. The van der Waals surface area contributed by atoms with Gasteiger partial charge in [0.25, 0.3) is 0 Å². The van der Waals surface area contributed by atoms with Gasteiger partial charge in [-0.05, 0) is 18.9 Å². The molecule has 1 aliphatic carbocycles. The van der Waals surface area contributed by atoms with Crippen molar-refractivity contribution in [1.82, 2.24) is 0 Å². The van der Waals surface area contributed by atoms with Crippen LogP contribution in [0.25, 0.3) is 0 Å². The highest BCUT2D eigenvalue weighted by molar-refractivity contribution is 5.86. The van der Waals surface area contributed by atoms with Gasteiger partial charge in [-0.15, -0.1) is 0 Å². The molecule has 1 atom stereocenters. The van der Waals surface area contributed by atoms with Crippen molar-refractivity contribution in [1.29, 1.82) is 0 Å².